The summed E-state index contributed by atoms with van der Waals surface area (Å²) in [5.41, 5.74) is 9.29. The zero-order chi connectivity index (χ0) is 36.9. The fraction of sp³-hybridized carbons (Fsp3) is 0.135. The number of benzene rings is 5. The van der Waals surface area contributed by atoms with Gasteiger partial charge in [-0.2, -0.15) is 18.6 Å². The average molecular weight is 758 g/mol. The van der Waals surface area contributed by atoms with Crippen LogP contribution in [0.2, 0.25) is 0 Å². The van der Waals surface area contributed by atoms with E-state index in [1.165, 1.54) is 24.3 Å². The number of rotatable bonds is 11. The molecule has 5 aromatic carbocycles. The predicted molar refractivity (Wildman–Crippen MR) is 197 cm³/mol. The number of hydrogen-bond acceptors (Lipinski definition) is 10. The number of nitrogens with two attached hydrogens (primary N) is 1. The van der Waals surface area contributed by atoms with Crippen molar-refractivity contribution in [3.63, 3.8) is 0 Å². The van der Waals surface area contributed by atoms with Crippen LogP contribution in [0.4, 0.5) is 0 Å². The Hall–Kier alpha value is -5.19. The second kappa shape index (κ2) is 15.2. The molecule has 0 spiro atoms. The van der Waals surface area contributed by atoms with Crippen molar-refractivity contribution in [1.29, 1.82) is 0 Å². The van der Waals surface area contributed by atoms with Crippen molar-refractivity contribution in [2.45, 2.75) is 44.5 Å². The van der Waals surface area contributed by atoms with Crippen molar-refractivity contribution in [3.05, 3.63) is 138 Å². The molecule has 52 heavy (non-hydrogen) atoms. The highest BCUT2D eigenvalue weighted by molar-refractivity contribution is 7.92. The highest BCUT2D eigenvalue weighted by Gasteiger charge is 2.25. The first-order chi connectivity index (χ1) is 24.9. The topological polar surface area (TPSA) is 195 Å². The van der Waals surface area contributed by atoms with Crippen LogP contribution in [0.15, 0.2) is 146 Å². The SMILES string of the molecule is Cc1ccc(S(=O)(=O)OCCc2cccc3c(S(=O)(=O)c4ccccc4)[nH]nc23)cc1.NCCc1cccc2c(S(=O)(=O)c3ccccc3)[nH]nc12. The number of aromatic amines is 2. The minimum Gasteiger partial charge on any atom is -0.330 e. The molecule has 15 heteroatoms. The summed E-state index contributed by atoms with van der Waals surface area (Å²) >= 11 is 0. The first-order valence-electron chi connectivity index (χ1n) is 16.1. The van der Waals surface area contributed by atoms with Crippen LogP contribution in [0, 0.1) is 6.92 Å². The van der Waals surface area contributed by atoms with Gasteiger partial charge in [0.25, 0.3) is 10.1 Å². The van der Waals surface area contributed by atoms with E-state index in [1.54, 1.807) is 84.9 Å². The molecule has 12 nitrogen and oxygen atoms in total. The third kappa shape index (κ3) is 7.54. The monoisotopic (exact) mass is 757 g/mol. The number of hydrogen-bond donors (Lipinski definition) is 3. The van der Waals surface area contributed by atoms with Gasteiger partial charge in [-0.25, -0.2) is 16.8 Å². The molecule has 0 radical (unpaired) electrons. The Bertz CT molecular complexity index is 2660. The third-order valence-corrected chi connectivity index (χ3v) is 13.1. The van der Waals surface area contributed by atoms with E-state index in [0.717, 1.165) is 11.1 Å². The van der Waals surface area contributed by atoms with E-state index in [0.29, 0.717) is 40.3 Å². The number of nitrogens with zero attached hydrogens (tertiary/aromatic N) is 2. The molecule has 0 aliphatic rings. The summed E-state index contributed by atoms with van der Waals surface area (Å²) < 4.78 is 81.2. The van der Waals surface area contributed by atoms with Gasteiger partial charge in [0, 0.05) is 10.8 Å². The number of aromatic nitrogens is 4. The minimum atomic E-state index is -3.88. The van der Waals surface area contributed by atoms with Gasteiger partial charge in [0.1, 0.15) is 0 Å². The zero-order valence-electron chi connectivity index (χ0n) is 27.9. The van der Waals surface area contributed by atoms with Crippen LogP contribution in [0.25, 0.3) is 21.8 Å². The van der Waals surface area contributed by atoms with Gasteiger partial charge >= 0.3 is 0 Å². The first kappa shape index (κ1) is 36.6. The van der Waals surface area contributed by atoms with Gasteiger partial charge in [-0.1, -0.05) is 78.4 Å². The van der Waals surface area contributed by atoms with Crippen molar-refractivity contribution in [3.8, 4) is 0 Å². The van der Waals surface area contributed by atoms with Crippen molar-refractivity contribution < 1.29 is 29.4 Å². The molecule has 0 aliphatic carbocycles. The Labute approximate surface area is 301 Å². The fourth-order valence-corrected chi connectivity index (χ4v) is 9.24. The molecule has 0 atom stereocenters. The van der Waals surface area contributed by atoms with E-state index >= 15 is 0 Å². The molecule has 4 N–H and O–H groups in total. The van der Waals surface area contributed by atoms with Crippen LogP contribution in [-0.4, -0.2) is 58.8 Å². The van der Waals surface area contributed by atoms with Gasteiger partial charge in [0.15, 0.2) is 10.1 Å². The van der Waals surface area contributed by atoms with E-state index in [2.05, 4.69) is 20.4 Å². The van der Waals surface area contributed by atoms with Crippen LogP contribution in [0.1, 0.15) is 16.7 Å². The van der Waals surface area contributed by atoms with Gasteiger partial charge < -0.3 is 5.73 Å². The molecule has 0 saturated heterocycles. The van der Waals surface area contributed by atoms with Gasteiger partial charge in [0.05, 0.1) is 32.3 Å². The molecule has 0 amide bonds. The molecule has 0 unspecified atom stereocenters. The van der Waals surface area contributed by atoms with E-state index in [4.69, 9.17) is 9.92 Å². The summed E-state index contributed by atoms with van der Waals surface area (Å²) in [5.74, 6) is 0. The standard InChI is InChI=1S/C22H20N2O5S2.C15H15N3O2S/c1-16-10-12-19(13-11-16)31(27,28)29-15-14-17-6-5-9-20-21(17)23-24-22(20)30(25,26)18-7-3-2-4-8-18;16-10-9-11-5-4-8-13-14(11)17-18-15(13)21(19,20)12-6-2-1-3-7-12/h2-13H,14-15H2,1H3,(H,23,24);1-8H,9-10,16H2,(H,17,18). The highest BCUT2D eigenvalue weighted by atomic mass is 32.2. The van der Waals surface area contributed by atoms with E-state index in [9.17, 15) is 25.3 Å². The van der Waals surface area contributed by atoms with E-state index in [-0.39, 0.29) is 37.8 Å². The number of para-hydroxylation sites is 2. The first-order valence-corrected chi connectivity index (χ1v) is 20.5. The zero-order valence-corrected chi connectivity index (χ0v) is 30.4. The molecular formula is C37H35N5O7S3. The second-order valence-corrected chi connectivity index (χ2v) is 17.1. The number of sulfone groups is 2. The quantitative estimate of drug-likeness (QED) is 0.141. The molecule has 7 aromatic rings. The van der Waals surface area contributed by atoms with Crippen LogP contribution >= 0.6 is 0 Å². The fourth-order valence-electron chi connectivity index (χ4n) is 5.58. The van der Waals surface area contributed by atoms with Gasteiger partial charge in [-0.15, -0.1) is 0 Å². The summed E-state index contributed by atoms with van der Waals surface area (Å²) in [4.78, 5) is 0.505. The molecule has 0 aliphatic heterocycles. The Balaban J connectivity index is 0.000000192. The predicted octanol–water partition coefficient (Wildman–Crippen LogP) is 5.55. The van der Waals surface area contributed by atoms with Gasteiger partial charge in [0.2, 0.25) is 19.7 Å². The number of aryl methyl sites for hydroxylation is 1. The molecule has 0 bridgehead atoms. The summed E-state index contributed by atoms with van der Waals surface area (Å²) in [6.07, 6.45) is 0.908. The molecular weight excluding hydrogens is 723 g/mol. The summed E-state index contributed by atoms with van der Waals surface area (Å²) in [5, 5.41) is 14.8. The Morgan fingerprint density at radius 1 is 0.558 bits per heavy atom. The molecule has 7 rings (SSSR count). The van der Waals surface area contributed by atoms with Crippen molar-refractivity contribution in [2.24, 2.45) is 5.73 Å². The van der Waals surface area contributed by atoms with Gasteiger partial charge in [-0.05, 0) is 86.0 Å². The lowest BCUT2D eigenvalue weighted by atomic mass is 10.1. The van der Waals surface area contributed by atoms with Crippen molar-refractivity contribution in [2.75, 3.05) is 13.2 Å². The van der Waals surface area contributed by atoms with Crippen LogP contribution in [-0.2, 0) is 46.8 Å². The van der Waals surface area contributed by atoms with E-state index < -0.39 is 29.8 Å². The van der Waals surface area contributed by atoms with E-state index in [1.807, 2.05) is 19.1 Å². The lowest BCUT2D eigenvalue weighted by Crippen LogP contribution is -2.09. The normalized spacial score (nSPS) is 12.1. The Morgan fingerprint density at radius 3 is 1.48 bits per heavy atom. The molecule has 2 heterocycles. The second-order valence-electron chi connectivity index (χ2n) is 11.7. The molecule has 2 aromatic heterocycles. The smallest absolute Gasteiger partial charge is 0.296 e. The van der Waals surface area contributed by atoms with Crippen molar-refractivity contribution in [1.82, 2.24) is 20.4 Å². The van der Waals surface area contributed by atoms with Gasteiger partial charge in [-0.3, -0.25) is 14.4 Å². The maximum absolute atomic E-state index is 13.0. The van der Waals surface area contributed by atoms with Crippen molar-refractivity contribution >= 4 is 51.6 Å². The maximum Gasteiger partial charge on any atom is 0.296 e. The van der Waals surface area contributed by atoms with Crippen LogP contribution in [0.3, 0.4) is 0 Å². The third-order valence-electron chi connectivity index (χ3n) is 8.24. The average Bonchev–Trinajstić information content (AvgIpc) is 3.80. The minimum absolute atomic E-state index is 0.00347. The maximum atomic E-state index is 13.0. The largest absolute Gasteiger partial charge is 0.330 e. The molecule has 0 saturated carbocycles. The lowest BCUT2D eigenvalue weighted by Gasteiger charge is -2.07. The number of nitrogens with one attached hydrogen (secondary N) is 2. The Morgan fingerprint density at radius 2 is 1.02 bits per heavy atom. The molecule has 0 fully saturated rings. The Kier molecular flexibility index (Phi) is 10.7. The lowest BCUT2D eigenvalue weighted by molar-refractivity contribution is 0.322. The van der Waals surface area contributed by atoms with Crippen LogP contribution in [0.5, 0.6) is 0 Å². The summed E-state index contributed by atoms with van der Waals surface area (Å²) in [7, 11) is -11.2. The highest BCUT2D eigenvalue weighted by Crippen LogP contribution is 2.29. The molecule has 268 valence electrons. The summed E-state index contributed by atoms with van der Waals surface area (Å²) in [6, 6.07) is 33.5. The number of fused-ring (bicyclic) bond motifs is 2. The van der Waals surface area contributed by atoms with Crippen LogP contribution < -0.4 is 5.73 Å². The summed E-state index contributed by atoms with van der Waals surface area (Å²) in [6.45, 7) is 2.27. The number of H-pyrrole nitrogens is 2.